The van der Waals surface area contributed by atoms with Crippen molar-refractivity contribution in [2.45, 2.75) is 45.4 Å². The van der Waals surface area contributed by atoms with E-state index >= 15 is 0 Å². The zero-order chi connectivity index (χ0) is 16.2. The number of nitrogens with one attached hydrogen (secondary N) is 1. The predicted molar refractivity (Wildman–Crippen MR) is 95.1 cm³/mol. The number of amides is 2. The van der Waals surface area contributed by atoms with Crippen LogP contribution in [0.25, 0.3) is 0 Å². The quantitative estimate of drug-likeness (QED) is 0.623. The van der Waals surface area contributed by atoms with Crippen molar-refractivity contribution in [3.63, 3.8) is 0 Å². The van der Waals surface area contributed by atoms with Crippen LogP contribution in [-0.4, -0.2) is 77.1 Å². The van der Waals surface area contributed by atoms with E-state index in [1.807, 2.05) is 25.7 Å². The number of piperazine rings is 1. The molecule has 1 fully saturated rings. The molecule has 7 nitrogen and oxygen atoms in total. The van der Waals surface area contributed by atoms with Crippen molar-refractivity contribution in [2.75, 3.05) is 32.7 Å². The number of nitrogens with two attached hydrogens (primary N) is 1. The first-order valence-electron chi connectivity index (χ1n) is 7.36. The number of carbonyl (C=O) groups excluding carboxylic acids is 2. The van der Waals surface area contributed by atoms with Gasteiger partial charge in [-0.1, -0.05) is 0 Å². The van der Waals surface area contributed by atoms with Crippen LogP contribution in [0.3, 0.4) is 0 Å². The summed E-state index contributed by atoms with van der Waals surface area (Å²) in [4.78, 5) is 27.5. The molecule has 2 atom stereocenters. The average molecular weight is 373 g/mol. The van der Waals surface area contributed by atoms with Gasteiger partial charge in [0.2, 0.25) is 11.8 Å². The molecule has 1 heterocycles. The molecule has 0 aromatic rings. The third-order valence-electron chi connectivity index (χ3n) is 3.37. The Kier molecular flexibility index (Phi) is 11.0. The van der Waals surface area contributed by atoms with E-state index in [1.54, 1.807) is 4.90 Å². The number of halogens is 2. The van der Waals surface area contributed by atoms with E-state index in [9.17, 15) is 14.7 Å². The van der Waals surface area contributed by atoms with E-state index in [1.165, 1.54) is 6.92 Å². The van der Waals surface area contributed by atoms with Gasteiger partial charge in [0.15, 0.2) is 0 Å². The molecular formula is C14H30Cl2N4O3. The second-order valence-electron chi connectivity index (χ2n) is 6.67. The Bertz CT molecular complexity index is 381. The summed E-state index contributed by atoms with van der Waals surface area (Å²) in [6.45, 7) is 10.0. The first kappa shape index (κ1) is 24.6. The zero-order valence-corrected chi connectivity index (χ0v) is 15.9. The molecule has 0 aliphatic carbocycles. The molecule has 9 heteroatoms. The van der Waals surface area contributed by atoms with Crippen molar-refractivity contribution in [3.05, 3.63) is 0 Å². The average Bonchev–Trinajstić information content (AvgIpc) is 2.35. The maximum absolute atomic E-state index is 12.0. The van der Waals surface area contributed by atoms with Crippen LogP contribution in [0.5, 0.6) is 0 Å². The molecule has 0 unspecified atom stereocenters. The van der Waals surface area contributed by atoms with Crippen molar-refractivity contribution in [1.82, 2.24) is 15.1 Å². The van der Waals surface area contributed by atoms with E-state index in [0.717, 1.165) is 0 Å². The van der Waals surface area contributed by atoms with Gasteiger partial charge in [-0.15, -0.1) is 24.8 Å². The van der Waals surface area contributed by atoms with Gasteiger partial charge in [-0.2, -0.15) is 0 Å². The van der Waals surface area contributed by atoms with Crippen LogP contribution in [0.15, 0.2) is 0 Å². The minimum absolute atomic E-state index is 0. The number of hydrogen-bond donors (Lipinski definition) is 3. The summed E-state index contributed by atoms with van der Waals surface area (Å²) < 4.78 is 0. The summed E-state index contributed by atoms with van der Waals surface area (Å²) in [6, 6.07) is -0.874. The molecule has 0 spiro atoms. The summed E-state index contributed by atoms with van der Waals surface area (Å²) in [5, 5.41) is 12.3. The lowest BCUT2D eigenvalue weighted by Crippen LogP contribution is -2.57. The molecular weight excluding hydrogens is 343 g/mol. The molecule has 1 rings (SSSR count). The van der Waals surface area contributed by atoms with Crippen molar-refractivity contribution >= 4 is 36.6 Å². The largest absolute Gasteiger partial charge is 0.391 e. The van der Waals surface area contributed by atoms with Gasteiger partial charge < -0.3 is 21.1 Å². The van der Waals surface area contributed by atoms with Crippen LogP contribution in [-0.2, 0) is 9.59 Å². The molecule has 1 saturated heterocycles. The normalized spacial score (nSPS) is 18.3. The molecule has 2 amide bonds. The predicted octanol–water partition coefficient (Wildman–Crippen LogP) is -0.403. The fraction of sp³-hybridized carbons (Fsp3) is 0.857. The van der Waals surface area contributed by atoms with Crippen LogP contribution < -0.4 is 11.1 Å². The Labute approximate surface area is 150 Å². The highest BCUT2D eigenvalue weighted by Crippen LogP contribution is 2.06. The highest BCUT2D eigenvalue weighted by Gasteiger charge is 2.28. The Morgan fingerprint density at radius 2 is 1.65 bits per heavy atom. The summed E-state index contributed by atoms with van der Waals surface area (Å²) in [5.74, 6) is -0.244. The Morgan fingerprint density at radius 1 is 1.17 bits per heavy atom. The van der Waals surface area contributed by atoms with E-state index in [4.69, 9.17) is 5.73 Å². The molecule has 0 radical (unpaired) electrons. The molecule has 4 N–H and O–H groups in total. The van der Waals surface area contributed by atoms with Crippen molar-refractivity contribution in [3.8, 4) is 0 Å². The lowest BCUT2D eigenvalue weighted by atomic mass is 10.1. The first-order valence-corrected chi connectivity index (χ1v) is 7.36. The fourth-order valence-corrected chi connectivity index (χ4v) is 2.20. The summed E-state index contributed by atoms with van der Waals surface area (Å²) in [7, 11) is 0. The van der Waals surface area contributed by atoms with Gasteiger partial charge in [0, 0.05) is 31.7 Å². The van der Waals surface area contributed by atoms with E-state index < -0.39 is 12.1 Å². The van der Waals surface area contributed by atoms with E-state index in [2.05, 4.69) is 5.32 Å². The Morgan fingerprint density at radius 3 is 2.04 bits per heavy atom. The van der Waals surface area contributed by atoms with Gasteiger partial charge in [0.25, 0.3) is 0 Å². The zero-order valence-electron chi connectivity index (χ0n) is 14.2. The molecule has 1 aliphatic rings. The molecule has 23 heavy (non-hydrogen) atoms. The highest BCUT2D eigenvalue weighted by atomic mass is 35.5. The smallest absolute Gasteiger partial charge is 0.242 e. The first-order chi connectivity index (χ1) is 9.60. The van der Waals surface area contributed by atoms with Crippen LogP contribution >= 0.6 is 24.8 Å². The highest BCUT2D eigenvalue weighted by molar-refractivity contribution is 5.85. The molecule has 1 aliphatic heterocycles. The van der Waals surface area contributed by atoms with Gasteiger partial charge >= 0.3 is 0 Å². The van der Waals surface area contributed by atoms with Gasteiger partial charge in [0.05, 0.1) is 12.6 Å². The van der Waals surface area contributed by atoms with Crippen molar-refractivity contribution < 1.29 is 14.7 Å². The maximum atomic E-state index is 12.0. The lowest BCUT2D eigenvalue weighted by molar-refractivity contribution is -0.136. The molecule has 0 bridgehead atoms. The monoisotopic (exact) mass is 372 g/mol. The Hall–Kier alpha value is -0.600. The summed E-state index contributed by atoms with van der Waals surface area (Å²) in [6.07, 6.45) is -0.854. The van der Waals surface area contributed by atoms with Crippen molar-refractivity contribution in [1.29, 1.82) is 0 Å². The van der Waals surface area contributed by atoms with Gasteiger partial charge in [-0.05, 0) is 27.7 Å². The van der Waals surface area contributed by atoms with Gasteiger partial charge in [0.1, 0.15) is 6.04 Å². The number of hydrogen-bond acceptors (Lipinski definition) is 5. The molecule has 0 aromatic heterocycles. The fourth-order valence-electron chi connectivity index (χ4n) is 2.20. The van der Waals surface area contributed by atoms with Crippen LogP contribution in [0.2, 0.25) is 0 Å². The van der Waals surface area contributed by atoms with Crippen LogP contribution in [0.4, 0.5) is 0 Å². The van der Waals surface area contributed by atoms with Gasteiger partial charge in [-0.25, -0.2) is 0 Å². The third-order valence-corrected chi connectivity index (χ3v) is 3.37. The minimum Gasteiger partial charge on any atom is -0.391 e. The number of aliphatic hydroxyl groups excluding tert-OH is 1. The number of carbonyl (C=O) groups is 2. The minimum atomic E-state index is -0.874. The number of nitrogens with zero attached hydrogens (tertiary/aromatic N) is 2. The second-order valence-corrected chi connectivity index (χ2v) is 6.67. The third kappa shape index (κ3) is 8.72. The molecule has 138 valence electrons. The Balaban J connectivity index is 0. The van der Waals surface area contributed by atoms with Crippen LogP contribution in [0, 0.1) is 0 Å². The summed E-state index contributed by atoms with van der Waals surface area (Å²) >= 11 is 0. The topological polar surface area (TPSA) is 98.9 Å². The maximum Gasteiger partial charge on any atom is 0.242 e. The second kappa shape index (κ2) is 10.3. The van der Waals surface area contributed by atoms with Crippen LogP contribution in [0.1, 0.15) is 27.7 Å². The lowest BCUT2D eigenvalue weighted by Gasteiger charge is -2.36. The number of rotatable bonds is 4. The van der Waals surface area contributed by atoms with E-state index in [-0.39, 0.29) is 42.2 Å². The molecule has 0 aromatic carbocycles. The summed E-state index contributed by atoms with van der Waals surface area (Å²) in [5.41, 5.74) is 5.42. The van der Waals surface area contributed by atoms with Crippen molar-refractivity contribution in [2.24, 2.45) is 5.73 Å². The van der Waals surface area contributed by atoms with Gasteiger partial charge in [-0.3, -0.25) is 14.5 Å². The molecule has 0 saturated carbocycles. The SMILES string of the molecule is C[C@H](O)[C@@H](N)C(=O)N1CCN(CC(=O)NC(C)(C)C)CC1.Cl.Cl. The number of aliphatic hydroxyl groups is 1. The standard InChI is InChI=1S/C14H28N4O3.2ClH/c1-10(19)12(15)13(21)18-7-5-17(6-8-18)9-11(20)16-14(2,3)4;;/h10,12,19H,5-9,15H2,1-4H3,(H,16,20);2*1H/t10-,12+;;/m0../s1. The van der Waals surface area contributed by atoms with E-state index in [0.29, 0.717) is 32.7 Å².